The maximum atomic E-state index is 12.2. The number of hydrogen-bond donors (Lipinski definition) is 2. The lowest BCUT2D eigenvalue weighted by atomic mass is 10.1. The maximum absolute atomic E-state index is 12.2. The number of sulfonamides is 1. The average molecular weight is 307 g/mol. The molecule has 6 nitrogen and oxygen atoms in total. The second kappa shape index (κ2) is 6.75. The molecule has 0 radical (unpaired) electrons. The monoisotopic (exact) mass is 307 g/mol. The summed E-state index contributed by atoms with van der Waals surface area (Å²) in [5.41, 5.74) is 1.12. The second-order valence-electron chi connectivity index (χ2n) is 4.54. The Morgan fingerprint density at radius 1 is 1.29 bits per heavy atom. The van der Waals surface area contributed by atoms with E-state index in [2.05, 4.69) is 14.9 Å². The van der Waals surface area contributed by atoms with E-state index in [4.69, 9.17) is 0 Å². The minimum absolute atomic E-state index is 0.0662. The van der Waals surface area contributed by atoms with Gasteiger partial charge in [0.05, 0.1) is 23.2 Å². The third-order valence-corrected chi connectivity index (χ3v) is 4.41. The van der Waals surface area contributed by atoms with Crippen LogP contribution in [0.4, 0.5) is 0 Å². The Morgan fingerprint density at radius 2 is 2.10 bits per heavy atom. The molecule has 2 N–H and O–H groups in total. The van der Waals surface area contributed by atoms with Crippen LogP contribution in [-0.2, 0) is 16.6 Å². The van der Waals surface area contributed by atoms with E-state index in [0.29, 0.717) is 17.7 Å². The predicted molar refractivity (Wildman–Crippen MR) is 77.8 cm³/mol. The van der Waals surface area contributed by atoms with E-state index >= 15 is 0 Å². The van der Waals surface area contributed by atoms with Crippen LogP contribution >= 0.6 is 0 Å². The number of nitrogens with one attached hydrogen (secondary N) is 1. The van der Waals surface area contributed by atoms with E-state index in [1.807, 2.05) is 6.92 Å². The van der Waals surface area contributed by atoms with Crippen molar-refractivity contribution in [2.45, 2.75) is 30.9 Å². The van der Waals surface area contributed by atoms with E-state index < -0.39 is 16.1 Å². The molecule has 0 aliphatic carbocycles. The van der Waals surface area contributed by atoms with Gasteiger partial charge in [0, 0.05) is 6.20 Å². The van der Waals surface area contributed by atoms with Crippen molar-refractivity contribution >= 4 is 10.0 Å². The fourth-order valence-electron chi connectivity index (χ4n) is 1.80. The van der Waals surface area contributed by atoms with Gasteiger partial charge in [0.15, 0.2) is 0 Å². The predicted octanol–water partition coefficient (Wildman–Crippen LogP) is 1.40. The number of aliphatic hydroxyl groups excluding tert-OH is 1. The molecule has 112 valence electrons. The summed E-state index contributed by atoms with van der Waals surface area (Å²) in [5, 5.41) is 17.3. The lowest BCUT2D eigenvalue weighted by Gasteiger charge is -2.11. The van der Waals surface area contributed by atoms with Crippen LogP contribution in [0.1, 0.15) is 30.7 Å². The van der Waals surface area contributed by atoms with Crippen molar-refractivity contribution in [3.8, 4) is 0 Å². The number of aromatic nitrogens is 2. The molecule has 7 heteroatoms. The Hall–Kier alpha value is -1.83. The normalized spacial score (nSPS) is 13.0. The van der Waals surface area contributed by atoms with Gasteiger partial charge in [-0.25, -0.2) is 13.1 Å². The first-order chi connectivity index (χ1) is 10.0. The van der Waals surface area contributed by atoms with Crippen molar-refractivity contribution in [3.05, 3.63) is 53.9 Å². The number of hydrogen-bond acceptors (Lipinski definition) is 5. The van der Waals surface area contributed by atoms with Crippen LogP contribution in [0.5, 0.6) is 0 Å². The lowest BCUT2D eigenvalue weighted by molar-refractivity contribution is 0.173. The van der Waals surface area contributed by atoms with Crippen LogP contribution in [0.15, 0.2) is 47.5 Å². The van der Waals surface area contributed by atoms with Crippen molar-refractivity contribution in [2.75, 3.05) is 0 Å². The molecular weight excluding hydrogens is 290 g/mol. The molecule has 21 heavy (non-hydrogen) atoms. The molecular formula is C14H17N3O3S. The van der Waals surface area contributed by atoms with Crippen LogP contribution in [0.25, 0.3) is 0 Å². The molecule has 0 aliphatic rings. The summed E-state index contributed by atoms with van der Waals surface area (Å²) < 4.78 is 26.9. The van der Waals surface area contributed by atoms with Gasteiger partial charge in [-0.05, 0) is 36.2 Å². The number of benzene rings is 1. The maximum Gasteiger partial charge on any atom is 0.240 e. The summed E-state index contributed by atoms with van der Waals surface area (Å²) in [7, 11) is -3.65. The Bertz CT molecular complexity index is 690. The Morgan fingerprint density at radius 3 is 2.76 bits per heavy atom. The molecule has 2 aromatic rings. The highest BCUT2D eigenvalue weighted by Gasteiger charge is 2.16. The molecule has 0 fully saturated rings. The molecule has 0 saturated heterocycles. The van der Waals surface area contributed by atoms with Gasteiger partial charge in [0.2, 0.25) is 10.0 Å². The van der Waals surface area contributed by atoms with Crippen molar-refractivity contribution in [1.82, 2.24) is 14.9 Å². The van der Waals surface area contributed by atoms with Crippen molar-refractivity contribution in [3.63, 3.8) is 0 Å². The van der Waals surface area contributed by atoms with Crippen LogP contribution in [-0.4, -0.2) is 23.7 Å². The minimum atomic E-state index is -3.65. The smallest absolute Gasteiger partial charge is 0.240 e. The molecule has 2 rings (SSSR count). The van der Waals surface area contributed by atoms with Gasteiger partial charge in [-0.3, -0.25) is 0 Å². The summed E-state index contributed by atoms with van der Waals surface area (Å²) in [6, 6.07) is 9.67. The van der Waals surface area contributed by atoms with Crippen LogP contribution < -0.4 is 4.72 Å². The molecule has 0 saturated carbocycles. The summed E-state index contributed by atoms with van der Waals surface area (Å²) in [6.07, 6.45) is 1.38. The van der Waals surface area contributed by atoms with Crippen molar-refractivity contribution in [2.24, 2.45) is 0 Å². The van der Waals surface area contributed by atoms with Gasteiger partial charge < -0.3 is 5.11 Å². The molecule has 0 aliphatic heterocycles. The average Bonchev–Trinajstić information content (AvgIpc) is 2.53. The van der Waals surface area contributed by atoms with Crippen molar-refractivity contribution < 1.29 is 13.5 Å². The summed E-state index contributed by atoms with van der Waals surface area (Å²) in [4.78, 5) is 0.122. The summed E-state index contributed by atoms with van der Waals surface area (Å²) in [5.74, 6) is 0. The molecule has 1 unspecified atom stereocenters. The quantitative estimate of drug-likeness (QED) is 0.841. The molecule has 1 atom stereocenters. The van der Waals surface area contributed by atoms with E-state index in [9.17, 15) is 13.5 Å². The lowest BCUT2D eigenvalue weighted by Crippen LogP contribution is -2.24. The van der Waals surface area contributed by atoms with Gasteiger partial charge in [-0.1, -0.05) is 19.1 Å². The molecule has 0 spiro atoms. The fraction of sp³-hybridized carbons (Fsp3) is 0.286. The topological polar surface area (TPSA) is 92.2 Å². The van der Waals surface area contributed by atoms with Gasteiger partial charge in [-0.15, -0.1) is 0 Å². The highest BCUT2D eigenvalue weighted by Crippen LogP contribution is 2.19. The van der Waals surface area contributed by atoms with Gasteiger partial charge >= 0.3 is 0 Å². The first-order valence-corrected chi connectivity index (χ1v) is 8.05. The zero-order valence-electron chi connectivity index (χ0n) is 11.6. The van der Waals surface area contributed by atoms with Crippen LogP contribution in [0.2, 0.25) is 0 Å². The molecule has 0 bridgehead atoms. The molecule has 1 aromatic carbocycles. The summed E-state index contributed by atoms with van der Waals surface area (Å²) >= 11 is 0. The van der Waals surface area contributed by atoms with E-state index in [1.54, 1.807) is 24.3 Å². The Kier molecular flexibility index (Phi) is 5.00. The van der Waals surface area contributed by atoms with Gasteiger partial charge in [-0.2, -0.15) is 10.2 Å². The van der Waals surface area contributed by atoms with Crippen LogP contribution in [0, 0.1) is 0 Å². The third kappa shape index (κ3) is 4.07. The first kappa shape index (κ1) is 15.6. The molecule has 0 amide bonds. The zero-order valence-corrected chi connectivity index (χ0v) is 12.4. The first-order valence-electron chi connectivity index (χ1n) is 6.57. The second-order valence-corrected chi connectivity index (χ2v) is 6.30. The Labute approximate surface area is 123 Å². The largest absolute Gasteiger partial charge is 0.388 e. The molecule has 1 heterocycles. The Balaban J connectivity index is 2.16. The highest BCUT2D eigenvalue weighted by molar-refractivity contribution is 7.89. The summed E-state index contributed by atoms with van der Waals surface area (Å²) in [6.45, 7) is 1.90. The third-order valence-electron chi connectivity index (χ3n) is 3.01. The van der Waals surface area contributed by atoms with Gasteiger partial charge in [0.25, 0.3) is 0 Å². The van der Waals surface area contributed by atoms with Crippen molar-refractivity contribution in [1.29, 1.82) is 0 Å². The number of rotatable bonds is 6. The number of nitrogens with zero attached hydrogens (tertiary/aromatic N) is 2. The van der Waals surface area contributed by atoms with E-state index in [0.717, 1.165) is 0 Å². The van der Waals surface area contributed by atoms with E-state index in [-0.39, 0.29) is 11.4 Å². The fourth-order valence-corrected chi connectivity index (χ4v) is 2.86. The van der Waals surface area contributed by atoms with E-state index in [1.165, 1.54) is 18.3 Å². The minimum Gasteiger partial charge on any atom is -0.388 e. The highest BCUT2D eigenvalue weighted by atomic mass is 32.2. The molecule has 1 aromatic heterocycles. The van der Waals surface area contributed by atoms with Crippen LogP contribution in [0.3, 0.4) is 0 Å². The SMILES string of the molecule is CCC(O)c1cccc(S(=O)(=O)NCc2cccnn2)c1. The standard InChI is InChI=1S/C14H17N3O3S/c1-2-14(18)11-5-3-7-13(9-11)21(19,20)16-10-12-6-4-8-15-17-12/h3-9,14,16,18H,2,10H2,1H3. The zero-order chi connectivity index (χ0) is 15.3. The van der Waals surface area contributed by atoms with Gasteiger partial charge in [0.1, 0.15) is 0 Å². The number of aliphatic hydroxyl groups is 1.